The van der Waals surface area contributed by atoms with Crippen molar-refractivity contribution < 1.29 is 28.6 Å². The highest BCUT2D eigenvalue weighted by Gasteiger charge is 2.40. The fourth-order valence-electron chi connectivity index (χ4n) is 5.85. The van der Waals surface area contributed by atoms with E-state index in [2.05, 4.69) is 5.32 Å². The predicted molar refractivity (Wildman–Crippen MR) is 147 cm³/mol. The first kappa shape index (κ1) is 28.3. The average molecular weight is 553 g/mol. The highest BCUT2D eigenvalue weighted by Crippen LogP contribution is 2.39. The smallest absolute Gasteiger partial charge is 0.338 e. The molecule has 0 unspecified atom stereocenters. The van der Waals surface area contributed by atoms with E-state index < -0.39 is 11.4 Å². The fourth-order valence-corrected chi connectivity index (χ4v) is 5.85. The van der Waals surface area contributed by atoms with Gasteiger partial charge in [0.05, 0.1) is 31.1 Å². The number of esters is 1. The van der Waals surface area contributed by atoms with Gasteiger partial charge < -0.3 is 24.4 Å². The average Bonchev–Trinajstić information content (AvgIpc) is 3.23. The molecule has 0 atom stereocenters. The predicted octanol–water partition coefficient (Wildman–Crippen LogP) is 2.88. The molecule has 2 amide bonds. The monoisotopic (exact) mass is 552 g/mol. The van der Waals surface area contributed by atoms with Crippen LogP contribution in [0.25, 0.3) is 0 Å². The summed E-state index contributed by atoms with van der Waals surface area (Å²) in [6, 6.07) is 6.61. The maximum absolute atomic E-state index is 13.1. The third kappa shape index (κ3) is 6.07. The lowest BCUT2D eigenvalue weighted by atomic mass is 9.74. The number of amides is 2. The van der Waals surface area contributed by atoms with Gasteiger partial charge in [-0.2, -0.15) is 5.10 Å². The van der Waals surface area contributed by atoms with E-state index >= 15 is 0 Å². The van der Waals surface area contributed by atoms with Crippen LogP contribution in [0.15, 0.2) is 24.3 Å². The largest absolute Gasteiger partial charge is 0.462 e. The quantitative estimate of drug-likeness (QED) is 0.526. The summed E-state index contributed by atoms with van der Waals surface area (Å²) in [7, 11) is 0. The van der Waals surface area contributed by atoms with Crippen LogP contribution in [0.1, 0.15) is 76.1 Å². The van der Waals surface area contributed by atoms with E-state index in [1.54, 1.807) is 33.8 Å². The van der Waals surface area contributed by atoms with Crippen molar-refractivity contribution in [3.05, 3.63) is 52.3 Å². The molecule has 2 aromatic rings. The van der Waals surface area contributed by atoms with Crippen molar-refractivity contribution in [3.8, 4) is 0 Å². The Kier molecular flexibility index (Phi) is 8.28. The highest BCUT2D eigenvalue weighted by atomic mass is 16.5. The van der Waals surface area contributed by atoms with Crippen molar-refractivity contribution in [1.29, 1.82) is 0 Å². The Morgan fingerprint density at radius 3 is 2.38 bits per heavy atom. The molecule has 3 aliphatic heterocycles. The van der Waals surface area contributed by atoms with E-state index in [1.807, 2.05) is 20.8 Å². The Labute approximate surface area is 235 Å². The summed E-state index contributed by atoms with van der Waals surface area (Å²) < 4.78 is 18.5. The molecule has 5 rings (SSSR count). The number of rotatable bonds is 7. The van der Waals surface area contributed by atoms with Gasteiger partial charge in [0.2, 0.25) is 0 Å². The van der Waals surface area contributed by atoms with Crippen molar-refractivity contribution in [2.75, 3.05) is 52.7 Å². The molecule has 10 heteroatoms. The number of hydrogen-bond acceptors (Lipinski definition) is 7. The third-order valence-electron chi connectivity index (χ3n) is 8.28. The number of morpholine rings is 1. The molecular weight excluding hydrogens is 512 g/mol. The first-order valence-electron chi connectivity index (χ1n) is 14.3. The molecule has 0 aliphatic carbocycles. The summed E-state index contributed by atoms with van der Waals surface area (Å²) in [6.45, 7) is 11.1. The minimum atomic E-state index is -0.433. The van der Waals surface area contributed by atoms with Crippen molar-refractivity contribution in [1.82, 2.24) is 20.0 Å². The number of ether oxygens (including phenoxy) is 3. The van der Waals surface area contributed by atoms with Crippen LogP contribution >= 0.6 is 0 Å². The summed E-state index contributed by atoms with van der Waals surface area (Å²) >= 11 is 0. The van der Waals surface area contributed by atoms with Crippen molar-refractivity contribution in [2.45, 2.75) is 53.0 Å². The van der Waals surface area contributed by atoms with Crippen LogP contribution in [0.3, 0.4) is 0 Å². The molecule has 2 saturated heterocycles. The Hall–Kier alpha value is -3.24. The van der Waals surface area contributed by atoms with Gasteiger partial charge in [0, 0.05) is 62.4 Å². The molecule has 0 saturated carbocycles. The van der Waals surface area contributed by atoms with Gasteiger partial charge in [0.15, 0.2) is 0 Å². The van der Waals surface area contributed by atoms with Gasteiger partial charge in [-0.15, -0.1) is 0 Å². The summed E-state index contributed by atoms with van der Waals surface area (Å²) in [4.78, 5) is 40.4. The number of fused-ring (bicyclic) bond motifs is 1. The Balaban J connectivity index is 1.25. The Morgan fingerprint density at radius 2 is 1.70 bits per heavy atom. The molecule has 1 N–H and O–H groups in total. The molecule has 1 aromatic carbocycles. The topological polar surface area (TPSA) is 112 Å². The van der Waals surface area contributed by atoms with Crippen molar-refractivity contribution in [3.63, 3.8) is 0 Å². The number of nitrogens with zero attached hydrogens (tertiary/aromatic N) is 3. The van der Waals surface area contributed by atoms with Gasteiger partial charge in [-0.1, -0.05) is 13.8 Å². The lowest BCUT2D eigenvalue weighted by Crippen LogP contribution is -2.40. The second-order valence-corrected chi connectivity index (χ2v) is 12.0. The standard InChI is InChI=1S/C30H40N4O6/c1-4-34-25-23(17-30(19-31-26(25)35)9-13-38-14-10-30)24(32-34)18-29(2,3)20-40-28(37)22-7-5-21(6-8-22)27(36)33-11-15-39-16-12-33/h5-8H,4,9-20H2,1-3H3,(H,31,35). The molecule has 216 valence electrons. The summed E-state index contributed by atoms with van der Waals surface area (Å²) in [5.74, 6) is -0.568. The van der Waals surface area contributed by atoms with Gasteiger partial charge in [-0.25, -0.2) is 4.79 Å². The van der Waals surface area contributed by atoms with Crippen molar-refractivity contribution in [2.24, 2.45) is 10.8 Å². The number of carbonyl (C=O) groups excluding carboxylic acids is 3. The first-order chi connectivity index (χ1) is 19.2. The summed E-state index contributed by atoms with van der Waals surface area (Å²) in [6.07, 6.45) is 3.16. The molecule has 1 spiro atoms. The maximum Gasteiger partial charge on any atom is 0.338 e. The molecule has 10 nitrogen and oxygen atoms in total. The van der Waals surface area contributed by atoms with Crippen LogP contribution in [0.2, 0.25) is 0 Å². The number of aromatic nitrogens is 2. The Bertz CT molecular complexity index is 1240. The molecular formula is C30H40N4O6. The molecule has 2 fully saturated rings. The van der Waals surface area contributed by atoms with Gasteiger partial charge in [0.1, 0.15) is 5.69 Å². The van der Waals surface area contributed by atoms with E-state index in [1.165, 1.54) is 0 Å². The van der Waals surface area contributed by atoms with Crippen LogP contribution < -0.4 is 5.32 Å². The van der Waals surface area contributed by atoms with E-state index in [0.717, 1.165) is 30.5 Å². The maximum atomic E-state index is 13.1. The molecule has 0 bridgehead atoms. The van der Waals surface area contributed by atoms with E-state index in [9.17, 15) is 14.4 Å². The molecule has 0 radical (unpaired) electrons. The van der Waals surface area contributed by atoms with Crippen LogP contribution in [0, 0.1) is 10.8 Å². The zero-order valence-electron chi connectivity index (χ0n) is 23.8. The number of aryl methyl sites for hydroxylation is 1. The second kappa shape index (κ2) is 11.7. The number of benzene rings is 1. The van der Waals surface area contributed by atoms with Crippen LogP contribution in [-0.4, -0.2) is 85.1 Å². The summed E-state index contributed by atoms with van der Waals surface area (Å²) in [5, 5.41) is 8.00. The molecule has 4 heterocycles. The normalized spacial score (nSPS) is 19.1. The van der Waals surface area contributed by atoms with E-state index in [0.29, 0.717) is 75.8 Å². The number of hydrogen-bond donors (Lipinski definition) is 1. The molecule has 40 heavy (non-hydrogen) atoms. The summed E-state index contributed by atoms with van der Waals surface area (Å²) in [5.41, 5.74) is 3.06. The van der Waals surface area contributed by atoms with Crippen LogP contribution in [0.4, 0.5) is 0 Å². The van der Waals surface area contributed by atoms with Gasteiger partial charge >= 0.3 is 5.97 Å². The lowest BCUT2D eigenvalue weighted by Gasteiger charge is -2.36. The van der Waals surface area contributed by atoms with E-state index in [-0.39, 0.29) is 23.8 Å². The zero-order chi connectivity index (χ0) is 28.3. The number of nitrogens with one attached hydrogen (secondary N) is 1. The zero-order valence-corrected chi connectivity index (χ0v) is 23.8. The lowest BCUT2D eigenvalue weighted by molar-refractivity contribution is 0.0159. The minimum absolute atomic E-state index is 0.0263. The van der Waals surface area contributed by atoms with Gasteiger partial charge in [-0.05, 0) is 55.9 Å². The highest BCUT2D eigenvalue weighted by molar-refractivity contribution is 5.96. The minimum Gasteiger partial charge on any atom is -0.462 e. The third-order valence-corrected chi connectivity index (χ3v) is 8.28. The first-order valence-corrected chi connectivity index (χ1v) is 14.3. The van der Waals surface area contributed by atoms with Crippen LogP contribution in [-0.2, 0) is 33.6 Å². The van der Waals surface area contributed by atoms with Gasteiger partial charge in [-0.3, -0.25) is 14.3 Å². The molecule has 1 aromatic heterocycles. The Morgan fingerprint density at radius 1 is 1.05 bits per heavy atom. The fraction of sp³-hybridized carbons (Fsp3) is 0.600. The molecule has 3 aliphatic rings. The second-order valence-electron chi connectivity index (χ2n) is 12.0. The number of carbonyl (C=O) groups is 3. The van der Waals surface area contributed by atoms with Gasteiger partial charge in [0.25, 0.3) is 11.8 Å². The van der Waals surface area contributed by atoms with Crippen LogP contribution in [0.5, 0.6) is 0 Å². The van der Waals surface area contributed by atoms with E-state index in [4.69, 9.17) is 19.3 Å². The van der Waals surface area contributed by atoms with Crippen molar-refractivity contribution >= 4 is 17.8 Å². The SMILES string of the molecule is CCn1nc(CC(C)(C)COC(=O)c2ccc(C(=O)N3CCOCC3)cc2)c2c1C(=O)NCC1(CCOCC1)C2.